The molecule has 1 atom stereocenters. The van der Waals surface area contributed by atoms with Crippen LogP contribution < -0.4 is 14.4 Å². The van der Waals surface area contributed by atoms with Crippen molar-refractivity contribution in [1.29, 1.82) is 0 Å². The van der Waals surface area contributed by atoms with E-state index >= 15 is 0 Å². The van der Waals surface area contributed by atoms with Gasteiger partial charge in [-0.15, -0.1) is 0 Å². The van der Waals surface area contributed by atoms with Crippen molar-refractivity contribution in [1.82, 2.24) is 4.98 Å². The summed E-state index contributed by atoms with van der Waals surface area (Å²) in [7, 11) is 2.80. The number of aliphatic hydroxyl groups excluding tert-OH is 1. The van der Waals surface area contributed by atoms with Gasteiger partial charge in [-0.25, -0.2) is 0 Å². The number of ether oxygens (including phenoxy) is 2. The van der Waals surface area contributed by atoms with Gasteiger partial charge >= 0.3 is 0 Å². The first-order chi connectivity index (χ1) is 16.3. The van der Waals surface area contributed by atoms with E-state index in [2.05, 4.69) is 4.98 Å². The number of aromatic hydroxyl groups is 1. The van der Waals surface area contributed by atoms with Crippen molar-refractivity contribution in [3.8, 4) is 17.2 Å². The number of pyridine rings is 1. The first-order valence-electron chi connectivity index (χ1n) is 9.89. The molecule has 8 nitrogen and oxygen atoms in total. The van der Waals surface area contributed by atoms with E-state index in [0.717, 1.165) is 4.90 Å². The molecule has 0 aliphatic carbocycles. The minimum Gasteiger partial charge on any atom is -0.507 e. The summed E-state index contributed by atoms with van der Waals surface area (Å²) >= 11 is 12.4. The van der Waals surface area contributed by atoms with Crippen molar-refractivity contribution in [3.05, 3.63) is 81.6 Å². The predicted molar refractivity (Wildman–Crippen MR) is 127 cm³/mol. The minimum absolute atomic E-state index is 0.00944. The van der Waals surface area contributed by atoms with Crippen LogP contribution in [0.15, 0.2) is 60.4 Å². The largest absolute Gasteiger partial charge is 0.507 e. The van der Waals surface area contributed by atoms with Crippen molar-refractivity contribution in [2.24, 2.45) is 0 Å². The molecule has 2 aromatic carbocycles. The predicted octanol–water partition coefficient (Wildman–Crippen LogP) is 4.74. The van der Waals surface area contributed by atoms with E-state index in [9.17, 15) is 19.8 Å². The van der Waals surface area contributed by atoms with Gasteiger partial charge in [0.05, 0.1) is 42.1 Å². The molecule has 0 saturated carbocycles. The molecule has 1 aliphatic heterocycles. The van der Waals surface area contributed by atoms with Gasteiger partial charge in [0.1, 0.15) is 23.0 Å². The van der Waals surface area contributed by atoms with E-state index in [4.69, 9.17) is 32.7 Å². The van der Waals surface area contributed by atoms with E-state index in [1.54, 1.807) is 12.1 Å². The molecule has 0 radical (unpaired) electrons. The Morgan fingerprint density at radius 1 is 1.00 bits per heavy atom. The number of anilines is 1. The molecule has 4 rings (SSSR count). The summed E-state index contributed by atoms with van der Waals surface area (Å²) in [5.41, 5.74) is 0.333. The fourth-order valence-electron chi connectivity index (χ4n) is 3.82. The van der Waals surface area contributed by atoms with Gasteiger partial charge in [0, 0.05) is 23.5 Å². The highest BCUT2D eigenvalue weighted by Gasteiger charge is 2.48. The molecular formula is C24H18Cl2N2O6. The van der Waals surface area contributed by atoms with E-state index < -0.39 is 23.5 Å². The molecule has 1 amide bonds. The molecule has 34 heavy (non-hydrogen) atoms. The first-order valence-corrected chi connectivity index (χ1v) is 10.7. The molecule has 1 aliphatic rings. The third-order valence-electron chi connectivity index (χ3n) is 5.39. The number of methoxy groups -OCH3 is 2. The van der Waals surface area contributed by atoms with Gasteiger partial charge in [-0.1, -0.05) is 23.2 Å². The standard InChI is InChI=1S/C24H18Cl2N2O6/c1-33-18-11-19(34-2)15(26)10-14(18)22(30)20-21(12-5-7-27-8-6-12)28(24(32)23(20)31)16-9-13(25)3-4-17(16)29/h3-11,21,29-30H,1-2H3/b22-20+. The Kier molecular flexibility index (Phi) is 6.37. The Bertz CT molecular complexity index is 1330. The smallest absolute Gasteiger partial charge is 0.300 e. The molecule has 2 heterocycles. The van der Waals surface area contributed by atoms with Crippen LogP contribution in [0.1, 0.15) is 17.2 Å². The number of aliphatic hydroxyl groups is 1. The third-order valence-corrected chi connectivity index (χ3v) is 5.92. The van der Waals surface area contributed by atoms with Crippen LogP contribution >= 0.6 is 23.2 Å². The molecule has 0 spiro atoms. The topological polar surface area (TPSA) is 109 Å². The number of phenols is 1. The third kappa shape index (κ3) is 3.91. The number of nitrogens with zero attached hydrogens (tertiary/aromatic N) is 2. The number of phenolic OH excluding ortho intramolecular Hbond substituents is 1. The molecule has 3 aromatic rings. The van der Waals surface area contributed by atoms with Crippen LogP contribution in [0.3, 0.4) is 0 Å². The maximum absolute atomic E-state index is 13.3. The lowest BCUT2D eigenvalue weighted by atomic mass is 9.95. The summed E-state index contributed by atoms with van der Waals surface area (Å²) in [6.45, 7) is 0. The molecular weight excluding hydrogens is 483 g/mol. The molecule has 1 unspecified atom stereocenters. The van der Waals surface area contributed by atoms with Crippen LogP contribution in [0, 0.1) is 0 Å². The van der Waals surface area contributed by atoms with E-state index in [1.165, 1.54) is 56.9 Å². The maximum atomic E-state index is 13.3. The zero-order valence-corrected chi connectivity index (χ0v) is 19.5. The summed E-state index contributed by atoms with van der Waals surface area (Å²) in [5, 5.41) is 22.2. The summed E-state index contributed by atoms with van der Waals surface area (Å²) in [6.07, 6.45) is 2.97. The second-order valence-corrected chi connectivity index (χ2v) is 8.11. The highest BCUT2D eigenvalue weighted by atomic mass is 35.5. The number of hydrogen-bond donors (Lipinski definition) is 2. The second-order valence-electron chi connectivity index (χ2n) is 7.27. The normalized spacial score (nSPS) is 17.2. The number of Topliss-reactive ketones (excluding diaryl/α,β-unsaturated/α-hetero) is 1. The van der Waals surface area contributed by atoms with Crippen LogP contribution in [-0.2, 0) is 9.59 Å². The lowest BCUT2D eigenvalue weighted by Crippen LogP contribution is -2.29. The number of halogens is 2. The molecule has 2 N–H and O–H groups in total. The Labute approximate surface area is 204 Å². The van der Waals surface area contributed by atoms with E-state index in [1.807, 2.05) is 0 Å². The highest BCUT2D eigenvalue weighted by Crippen LogP contribution is 2.46. The monoisotopic (exact) mass is 500 g/mol. The lowest BCUT2D eigenvalue weighted by Gasteiger charge is -2.26. The zero-order chi connectivity index (χ0) is 24.6. The number of benzene rings is 2. The fourth-order valence-corrected chi connectivity index (χ4v) is 4.23. The number of amides is 1. The number of ketones is 1. The summed E-state index contributed by atoms with van der Waals surface area (Å²) in [5.74, 6) is -2.23. The molecule has 1 fully saturated rings. The van der Waals surface area contributed by atoms with Crippen LogP contribution in [0.5, 0.6) is 17.2 Å². The molecule has 1 aromatic heterocycles. The van der Waals surface area contributed by atoms with Crippen molar-refractivity contribution in [2.75, 3.05) is 19.1 Å². The summed E-state index contributed by atoms with van der Waals surface area (Å²) in [6, 6.07) is 9.04. The quantitative estimate of drug-likeness (QED) is 0.295. The molecule has 174 valence electrons. The highest BCUT2D eigenvalue weighted by molar-refractivity contribution is 6.52. The lowest BCUT2D eigenvalue weighted by molar-refractivity contribution is -0.132. The van der Waals surface area contributed by atoms with Gasteiger partial charge in [-0.05, 0) is 42.0 Å². The number of rotatable bonds is 5. The number of carbonyl (C=O) groups is 2. The van der Waals surface area contributed by atoms with Gasteiger partial charge in [-0.2, -0.15) is 0 Å². The van der Waals surface area contributed by atoms with Crippen LogP contribution in [0.4, 0.5) is 5.69 Å². The average molecular weight is 501 g/mol. The Morgan fingerprint density at radius 3 is 2.32 bits per heavy atom. The van der Waals surface area contributed by atoms with Crippen molar-refractivity contribution < 1.29 is 29.3 Å². The summed E-state index contributed by atoms with van der Waals surface area (Å²) < 4.78 is 10.6. The van der Waals surface area contributed by atoms with Crippen LogP contribution in [0.2, 0.25) is 10.0 Å². The fraction of sp³-hybridized carbons (Fsp3) is 0.125. The second kappa shape index (κ2) is 9.24. The Morgan fingerprint density at radius 2 is 1.68 bits per heavy atom. The van der Waals surface area contributed by atoms with Crippen molar-refractivity contribution in [3.63, 3.8) is 0 Å². The number of aromatic nitrogens is 1. The molecule has 0 bridgehead atoms. The minimum atomic E-state index is -1.10. The van der Waals surface area contributed by atoms with Gasteiger partial charge in [0.15, 0.2) is 0 Å². The van der Waals surface area contributed by atoms with E-state index in [0.29, 0.717) is 11.3 Å². The van der Waals surface area contributed by atoms with E-state index in [-0.39, 0.29) is 38.4 Å². The average Bonchev–Trinajstić information content (AvgIpc) is 3.10. The van der Waals surface area contributed by atoms with Gasteiger partial charge < -0.3 is 19.7 Å². The zero-order valence-electron chi connectivity index (χ0n) is 18.0. The van der Waals surface area contributed by atoms with Crippen LogP contribution in [0.25, 0.3) is 5.76 Å². The molecule has 10 heteroatoms. The van der Waals surface area contributed by atoms with Crippen molar-refractivity contribution >= 4 is 46.3 Å². The van der Waals surface area contributed by atoms with Crippen molar-refractivity contribution in [2.45, 2.75) is 6.04 Å². The number of hydrogen-bond acceptors (Lipinski definition) is 7. The summed E-state index contributed by atoms with van der Waals surface area (Å²) in [4.78, 5) is 31.5. The SMILES string of the molecule is COc1cc(OC)c(/C(O)=C2\C(=O)C(=O)N(c3cc(Cl)ccc3O)C2c2ccncc2)cc1Cl. The van der Waals surface area contributed by atoms with Gasteiger partial charge in [-0.3, -0.25) is 19.5 Å². The van der Waals surface area contributed by atoms with Gasteiger partial charge in [0.2, 0.25) is 0 Å². The Balaban J connectivity index is 2.01. The van der Waals surface area contributed by atoms with Crippen LogP contribution in [-0.4, -0.2) is 41.1 Å². The Hall–Kier alpha value is -3.75. The number of carbonyl (C=O) groups excluding carboxylic acids is 2. The van der Waals surface area contributed by atoms with Gasteiger partial charge in [0.25, 0.3) is 11.7 Å². The first kappa shape index (κ1) is 23.4. The molecule has 1 saturated heterocycles. The maximum Gasteiger partial charge on any atom is 0.300 e.